The Morgan fingerprint density at radius 2 is 1.97 bits per heavy atom. The number of nitrogens with one attached hydrogen (secondary N) is 2. The molecule has 1 fully saturated rings. The van der Waals surface area contributed by atoms with E-state index in [1.165, 1.54) is 4.90 Å². The van der Waals surface area contributed by atoms with Gasteiger partial charge in [-0.05, 0) is 42.3 Å². The summed E-state index contributed by atoms with van der Waals surface area (Å²) >= 11 is 0. The molecule has 0 aromatic heterocycles. The van der Waals surface area contributed by atoms with Crippen molar-refractivity contribution in [2.24, 2.45) is 0 Å². The van der Waals surface area contributed by atoms with Gasteiger partial charge in [-0.2, -0.15) is 0 Å². The minimum Gasteiger partial charge on any atom is -0.497 e. The standard InChI is InChI=1S/C21H21N3O5/c1-28-15-5-2-13(3-6-15)8-9-24-20(26)11-17(21(24)27)22-14-4-7-18-16(10-14)23-19(25)12-29-18/h2-7,10,17,22H,8-9,11-12H2,1H3,(H,23,25). The number of likely N-dealkylation sites (tertiary alicyclic amines) is 1. The summed E-state index contributed by atoms with van der Waals surface area (Å²) in [5, 5.41) is 5.82. The molecular weight excluding hydrogens is 374 g/mol. The molecule has 1 saturated heterocycles. The van der Waals surface area contributed by atoms with Crippen LogP contribution < -0.4 is 20.1 Å². The summed E-state index contributed by atoms with van der Waals surface area (Å²) in [5.74, 6) is 0.659. The molecule has 0 saturated carbocycles. The second-order valence-electron chi connectivity index (χ2n) is 6.93. The zero-order valence-electron chi connectivity index (χ0n) is 15.9. The van der Waals surface area contributed by atoms with E-state index in [4.69, 9.17) is 9.47 Å². The van der Waals surface area contributed by atoms with Gasteiger partial charge in [-0.25, -0.2) is 0 Å². The van der Waals surface area contributed by atoms with Crippen molar-refractivity contribution >= 4 is 29.1 Å². The lowest BCUT2D eigenvalue weighted by Crippen LogP contribution is -2.36. The fraction of sp³-hybridized carbons (Fsp3) is 0.286. The quantitative estimate of drug-likeness (QED) is 0.724. The van der Waals surface area contributed by atoms with E-state index in [1.54, 1.807) is 25.3 Å². The van der Waals surface area contributed by atoms with Gasteiger partial charge < -0.3 is 20.1 Å². The number of imide groups is 1. The zero-order valence-corrected chi connectivity index (χ0v) is 15.9. The molecule has 2 aliphatic heterocycles. The van der Waals surface area contributed by atoms with Crippen molar-refractivity contribution in [2.45, 2.75) is 18.9 Å². The molecule has 4 rings (SSSR count). The van der Waals surface area contributed by atoms with Gasteiger partial charge in [0.05, 0.1) is 19.2 Å². The van der Waals surface area contributed by atoms with Crippen molar-refractivity contribution in [3.05, 3.63) is 48.0 Å². The predicted molar refractivity (Wildman–Crippen MR) is 106 cm³/mol. The van der Waals surface area contributed by atoms with Crippen LogP contribution in [0.15, 0.2) is 42.5 Å². The molecule has 0 aliphatic carbocycles. The van der Waals surface area contributed by atoms with Crippen molar-refractivity contribution in [2.75, 3.05) is 30.9 Å². The predicted octanol–water partition coefficient (Wildman–Crippen LogP) is 1.81. The van der Waals surface area contributed by atoms with Crippen molar-refractivity contribution < 1.29 is 23.9 Å². The summed E-state index contributed by atoms with van der Waals surface area (Å²) in [6, 6.07) is 12.1. The van der Waals surface area contributed by atoms with Gasteiger partial charge in [0.15, 0.2) is 6.61 Å². The first-order valence-electron chi connectivity index (χ1n) is 9.34. The molecule has 8 nitrogen and oxygen atoms in total. The smallest absolute Gasteiger partial charge is 0.262 e. The Bertz CT molecular complexity index is 957. The number of hydrogen-bond donors (Lipinski definition) is 2. The molecule has 3 amide bonds. The summed E-state index contributed by atoms with van der Waals surface area (Å²) in [7, 11) is 1.60. The molecule has 29 heavy (non-hydrogen) atoms. The zero-order chi connectivity index (χ0) is 20.4. The third kappa shape index (κ3) is 4.01. The van der Waals surface area contributed by atoms with Crippen LogP contribution in [-0.2, 0) is 20.8 Å². The van der Waals surface area contributed by atoms with E-state index < -0.39 is 6.04 Å². The minimum atomic E-state index is -0.628. The molecule has 8 heteroatoms. The Labute approximate surface area is 167 Å². The van der Waals surface area contributed by atoms with Gasteiger partial charge in [0.2, 0.25) is 5.91 Å². The van der Waals surface area contributed by atoms with Gasteiger partial charge in [0.25, 0.3) is 11.8 Å². The first-order valence-corrected chi connectivity index (χ1v) is 9.34. The highest BCUT2D eigenvalue weighted by Crippen LogP contribution is 2.31. The summed E-state index contributed by atoms with van der Waals surface area (Å²) in [6.45, 7) is 0.314. The number of fused-ring (bicyclic) bond motifs is 1. The Kier molecular flexibility index (Phi) is 5.07. The van der Waals surface area contributed by atoms with E-state index in [1.807, 2.05) is 24.3 Å². The molecule has 2 aromatic carbocycles. The second kappa shape index (κ2) is 7.83. The monoisotopic (exact) mass is 395 g/mol. The van der Waals surface area contributed by atoms with Crippen LogP contribution in [-0.4, -0.2) is 48.9 Å². The van der Waals surface area contributed by atoms with Crippen LogP contribution >= 0.6 is 0 Å². The van der Waals surface area contributed by atoms with Gasteiger partial charge in [0.1, 0.15) is 17.5 Å². The number of carbonyl (C=O) groups excluding carboxylic acids is 3. The molecular formula is C21H21N3O5. The maximum absolute atomic E-state index is 12.7. The third-order valence-electron chi connectivity index (χ3n) is 4.98. The number of carbonyl (C=O) groups is 3. The first-order chi connectivity index (χ1) is 14.0. The first kappa shape index (κ1) is 18.8. The lowest BCUT2D eigenvalue weighted by molar-refractivity contribution is -0.138. The van der Waals surface area contributed by atoms with E-state index in [0.29, 0.717) is 30.1 Å². The Hall–Kier alpha value is -3.55. The Balaban J connectivity index is 1.39. The minimum absolute atomic E-state index is 0.0153. The van der Waals surface area contributed by atoms with E-state index >= 15 is 0 Å². The molecule has 0 bridgehead atoms. The van der Waals surface area contributed by atoms with E-state index in [-0.39, 0.29) is 30.7 Å². The van der Waals surface area contributed by atoms with Crippen molar-refractivity contribution in [3.8, 4) is 11.5 Å². The lowest BCUT2D eigenvalue weighted by Gasteiger charge is -2.20. The number of ether oxygens (including phenoxy) is 2. The lowest BCUT2D eigenvalue weighted by atomic mass is 10.1. The maximum atomic E-state index is 12.7. The van der Waals surface area contributed by atoms with E-state index in [9.17, 15) is 14.4 Å². The molecule has 150 valence electrons. The molecule has 2 aliphatic rings. The molecule has 2 aromatic rings. The molecule has 0 radical (unpaired) electrons. The van der Waals surface area contributed by atoms with Crippen LogP contribution in [0.4, 0.5) is 11.4 Å². The van der Waals surface area contributed by atoms with Gasteiger partial charge in [-0.15, -0.1) is 0 Å². The summed E-state index contributed by atoms with van der Waals surface area (Å²) in [4.78, 5) is 37.8. The molecule has 0 spiro atoms. The SMILES string of the molecule is COc1ccc(CCN2C(=O)CC(Nc3ccc4c(c3)NC(=O)CO4)C2=O)cc1. The summed E-state index contributed by atoms with van der Waals surface area (Å²) in [6.07, 6.45) is 0.678. The number of amides is 3. The highest BCUT2D eigenvalue weighted by molar-refractivity contribution is 6.07. The molecule has 2 N–H and O–H groups in total. The second-order valence-corrected chi connectivity index (χ2v) is 6.93. The Morgan fingerprint density at radius 1 is 1.17 bits per heavy atom. The average molecular weight is 395 g/mol. The van der Waals surface area contributed by atoms with Gasteiger partial charge >= 0.3 is 0 Å². The molecule has 1 unspecified atom stereocenters. The van der Waals surface area contributed by atoms with Crippen LogP contribution in [0, 0.1) is 0 Å². The van der Waals surface area contributed by atoms with Crippen LogP contribution in [0.2, 0.25) is 0 Å². The van der Waals surface area contributed by atoms with Gasteiger partial charge in [0, 0.05) is 12.2 Å². The van der Waals surface area contributed by atoms with Gasteiger partial charge in [-0.3, -0.25) is 19.3 Å². The topological polar surface area (TPSA) is 97.0 Å². The number of benzene rings is 2. The van der Waals surface area contributed by atoms with Gasteiger partial charge in [-0.1, -0.05) is 12.1 Å². The molecule has 1 atom stereocenters. The van der Waals surface area contributed by atoms with Crippen LogP contribution in [0.5, 0.6) is 11.5 Å². The van der Waals surface area contributed by atoms with Crippen LogP contribution in [0.3, 0.4) is 0 Å². The highest BCUT2D eigenvalue weighted by Gasteiger charge is 2.38. The van der Waals surface area contributed by atoms with E-state index in [0.717, 1.165) is 11.3 Å². The summed E-state index contributed by atoms with van der Waals surface area (Å²) < 4.78 is 10.5. The number of methoxy groups -OCH3 is 1. The van der Waals surface area contributed by atoms with Crippen LogP contribution in [0.25, 0.3) is 0 Å². The van der Waals surface area contributed by atoms with Crippen LogP contribution in [0.1, 0.15) is 12.0 Å². The fourth-order valence-electron chi connectivity index (χ4n) is 3.44. The highest BCUT2D eigenvalue weighted by atomic mass is 16.5. The number of anilines is 2. The number of nitrogens with zero attached hydrogens (tertiary/aromatic N) is 1. The van der Waals surface area contributed by atoms with Crippen molar-refractivity contribution in [1.29, 1.82) is 0 Å². The van der Waals surface area contributed by atoms with Crippen molar-refractivity contribution in [1.82, 2.24) is 4.90 Å². The summed E-state index contributed by atoms with van der Waals surface area (Å²) in [5.41, 5.74) is 2.20. The fourth-order valence-corrected chi connectivity index (χ4v) is 3.44. The van der Waals surface area contributed by atoms with E-state index in [2.05, 4.69) is 10.6 Å². The molecule has 2 heterocycles. The largest absolute Gasteiger partial charge is 0.497 e. The number of rotatable bonds is 6. The maximum Gasteiger partial charge on any atom is 0.262 e. The average Bonchev–Trinajstić information content (AvgIpc) is 2.99. The number of hydrogen-bond acceptors (Lipinski definition) is 6. The third-order valence-corrected chi connectivity index (χ3v) is 4.98. The normalized spacial score (nSPS) is 18.2. The van der Waals surface area contributed by atoms with Crippen molar-refractivity contribution in [3.63, 3.8) is 0 Å². The Morgan fingerprint density at radius 3 is 2.72 bits per heavy atom.